The van der Waals surface area contributed by atoms with Gasteiger partial charge in [-0.05, 0) is 36.8 Å². The highest BCUT2D eigenvalue weighted by Gasteiger charge is 2.18. The van der Waals surface area contributed by atoms with Crippen molar-refractivity contribution in [1.82, 2.24) is 0 Å². The highest BCUT2D eigenvalue weighted by molar-refractivity contribution is 5.95. The predicted octanol–water partition coefficient (Wildman–Crippen LogP) is 3.22. The third kappa shape index (κ3) is 3.90. The number of hydrogen-bond donors (Lipinski definition) is 2. The van der Waals surface area contributed by atoms with E-state index in [1.165, 1.54) is 25.1 Å². The topological polar surface area (TPSA) is 92.5 Å². The Morgan fingerprint density at radius 2 is 1.96 bits per heavy atom. The molecule has 0 saturated carbocycles. The van der Waals surface area contributed by atoms with Crippen molar-refractivity contribution in [2.75, 3.05) is 11.9 Å². The van der Waals surface area contributed by atoms with Crippen molar-refractivity contribution in [3.63, 3.8) is 0 Å². The highest BCUT2D eigenvalue weighted by Crippen LogP contribution is 2.27. The van der Waals surface area contributed by atoms with Gasteiger partial charge in [-0.2, -0.15) is 0 Å². The molecular weight excluding hydrogens is 322 g/mol. The Hall–Kier alpha value is -2.87. The Morgan fingerprint density at radius 1 is 1.25 bits per heavy atom. The molecule has 0 fully saturated rings. The standard InChI is InChI=1S/C16H14F2N2O4/c1-9(21)10-3-5-14(15(7-10)20(23)24)19-8-16(22)11-2-4-12(17)13(18)6-11/h2-7,16,19,22H,8H2,1H3/t16-/m0/s1. The van der Waals surface area contributed by atoms with Crippen LogP contribution in [0.1, 0.15) is 28.9 Å². The van der Waals surface area contributed by atoms with Gasteiger partial charge in [-0.25, -0.2) is 8.78 Å². The van der Waals surface area contributed by atoms with Gasteiger partial charge in [0, 0.05) is 18.2 Å². The summed E-state index contributed by atoms with van der Waals surface area (Å²) in [6, 6.07) is 6.87. The van der Waals surface area contributed by atoms with E-state index in [9.17, 15) is 28.8 Å². The van der Waals surface area contributed by atoms with Crippen LogP contribution in [0.3, 0.4) is 0 Å². The van der Waals surface area contributed by atoms with Crippen LogP contribution in [0, 0.1) is 21.7 Å². The number of anilines is 1. The summed E-state index contributed by atoms with van der Waals surface area (Å²) in [5.74, 6) is -2.44. The molecule has 126 valence electrons. The second-order valence-electron chi connectivity index (χ2n) is 5.12. The van der Waals surface area contributed by atoms with Crippen molar-refractivity contribution in [3.05, 3.63) is 69.3 Å². The fourth-order valence-electron chi connectivity index (χ4n) is 2.10. The lowest BCUT2D eigenvalue weighted by molar-refractivity contribution is -0.384. The summed E-state index contributed by atoms with van der Waals surface area (Å²) in [5.41, 5.74) is 0.102. The minimum absolute atomic E-state index is 0.103. The maximum Gasteiger partial charge on any atom is 0.293 e. The fraction of sp³-hybridized carbons (Fsp3) is 0.188. The smallest absolute Gasteiger partial charge is 0.293 e. The van der Waals surface area contributed by atoms with Gasteiger partial charge < -0.3 is 10.4 Å². The first kappa shape index (κ1) is 17.5. The number of hydrogen-bond acceptors (Lipinski definition) is 5. The molecular formula is C16H14F2N2O4. The summed E-state index contributed by atoms with van der Waals surface area (Å²) in [6.45, 7) is 1.13. The Balaban J connectivity index is 2.17. The molecule has 2 aromatic carbocycles. The maximum absolute atomic E-state index is 13.2. The molecule has 0 saturated heterocycles. The van der Waals surface area contributed by atoms with E-state index in [1.807, 2.05) is 0 Å². The van der Waals surface area contributed by atoms with Gasteiger partial charge >= 0.3 is 0 Å². The molecule has 6 nitrogen and oxygen atoms in total. The molecule has 0 aliphatic carbocycles. The average molecular weight is 336 g/mol. The van der Waals surface area contributed by atoms with Crippen LogP contribution >= 0.6 is 0 Å². The summed E-state index contributed by atoms with van der Waals surface area (Å²) < 4.78 is 26.0. The molecule has 2 rings (SSSR count). The van der Waals surface area contributed by atoms with Crippen molar-refractivity contribution >= 4 is 17.2 Å². The number of nitrogens with zero attached hydrogens (tertiary/aromatic N) is 1. The van der Waals surface area contributed by atoms with E-state index >= 15 is 0 Å². The molecule has 24 heavy (non-hydrogen) atoms. The Bertz CT molecular complexity index is 796. The maximum atomic E-state index is 13.2. The Labute approximate surface area is 135 Å². The van der Waals surface area contributed by atoms with Crippen LogP contribution in [-0.2, 0) is 0 Å². The van der Waals surface area contributed by atoms with Gasteiger partial charge in [-0.3, -0.25) is 14.9 Å². The van der Waals surface area contributed by atoms with Crippen LogP contribution in [0.25, 0.3) is 0 Å². The lowest BCUT2D eigenvalue weighted by Crippen LogP contribution is -2.13. The summed E-state index contributed by atoms with van der Waals surface area (Å²) >= 11 is 0. The van der Waals surface area contributed by atoms with Crippen LogP contribution in [0.15, 0.2) is 36.4 Å². The van der Waals surface area contributed by atoms with Gasteiger partial charge in [-0.1, -0.05) is 6.07 Å². The molecule has 0 bridgehead atoms. The van der Waals surface area contributed by atoms with Crippen LogP contribution < -0.4 is 5.32 Å². The first-order chi connectivity index (χ1) is 11.3. The minimum Gasteiger partial charge on any atom is -0.387 e. The molecule has 0 aliphatic rings. The number of nitro groups is 1. The van der Waals surface area contributed by atoms with Crippen molar-refractivity contribution in [3.8, 4) is 0 Å². The number of rotatable bonds is 6. The number of carbonyl (C=O) groups is 1. The molecule has 0 aliphatic heterocycles. The Kier molecular flexibility index (Phi) is 5.20. The molecule has 0 aromatic heterocycles. The number of benzene rings is 2. The first-order valence-corrected chi connectivity index (χ1v) is 6.96. The lowest BCUT2D eigenvalue weighted by atomic mass is 10.1. The van der Waals surface area contributed by atoms with Crippen molar-refractivity contribution in [1.29, 1.82) is 0 Å². The summed E-state index contributed by atoms with van der Waals surface area (Å²) in [5, 5.41) is 23.8. The number of nitrogens with one attached hydrogen (secondary N) is 1. The van der Waals surface area contributed by atoms with E-state index in [0.29, 0.717) is 0 Å². The number of halogens is 2. The number of aliphatic hydroxyl groups excluding tert-OH is 1. The monoisotopic (exact) mass is 336 g/mol. The summed E-state index contributed by atoms with van der Waals surface area (Å²) in [6.07, 6.45) is -1.20. The molecule has 1 atom stereocenters. The molecule has 0 spiro atoms. The highest BCUT2D eigenvalue weighted by atomic mass is 19.2. The third-order valence-electron chi connectivity index (χ3n) is 3.42. The SMILES string of the molecule is CC(=O)c1ccc(NC[C@H](O)c2ccc(F)c(F)c2)c([N+](=O)[O-])c1. The van der Waals surface area contributed by atoms with Crippen LogP contribution in [0.2, 0.25) is 0 Å². The zero-order valence-electron chi connectivity index (χ0n) is 12.6. The lowest BCUT2D eigenvalue weighted by Gasteiger charge is -2.14. The second-order valence-corrected chi connectivity index (χ2v) is 5.12. The zero-order chi connectivity index (χ0) is 17.9. The predicted molar refractivity (Wildman–Crippen MR) is 82.9 cm³/mol. The average Bonchev–Trinajstić information content (AvgIpc) is 2.54. The third-order valence-corrected chi connectivity index (χ3v) is 3.42. The van der Waals surface area contributed by atoms with Gasteiger partial charge in [-0.15, -0.1) is 0 Å². The molecule has 2 N–H and O–H groups in total. The van der Waals surface area contributed by atoms with Crippen LogP contribution in [0.5, 0.6) is 0 Å². The van der Waals surface area contributed by atoms with Gasteiger partial charge in [0.05, 0.1) is 11.0 Å². The number of ketones is 1. The van der Waals surface area contributed by atoms with Gasteiger partial charge in [0.15, 0.2) is 17.4 Å². The molecule has 8 heteroatoms. The minimum atomic E-state index is -1.20. The molecule has 0 amide bonds. The van der Waals surface area contributed by atoms with E-state index < -0.39 is 22.7 Å². The molecule has 0 unspecified atom stereocenters. The molecule has 0 radical (unpaired) electrons. The van der Waals surface area contributed by atoms with Gasteiger partial charge in [0.1, 0.15) is 5.69 Å². The number of aliphatic hydroxyl groups is 1. The molecule has 2 aromatic rings. The normalized spacial score (nSPS) is 11.8. The van der Waals surface area contributed by atoms with Crippen molar-refractivity contribution in [2.24, 2.45) is 0 Å². The Morgan fingerprint density at radius 3 is 2.54 bits per heavy atom. The quantitative estimate of drug-likeness (QED) is 0.480. The largest absolute Gasteiger partial charge is 0.387 e. The van der Waals surface area contributed by atoms with Gasteiger partial charge in [0.2, 0.25) is 0 Å². The van der Waals surface area contributed by atoms with E-state index in [1.54, 1.807) is 0 Å². The van der Waals surface area contributed by atoms with Crippen LogP contribution in [-0.4, -0.2) is 22.4 Å². The number of Topliss-reactive ketones (excluding diaryl/α,β-unsaturated/α-hetero) is 1. The van der Waals surface area contributed by atoms with E-state index in [0.717, 1.165) is 18.2 Å². The number of carbonyl (C=O) groups excluding carboxylic acids is 1. The van der Waals surface area contributed by atoms with E-state index in [2.05, 4.69) is 5.32 Å². The summed E-state index contributed by atoms with van der Waals surface area (Å²) in [4.78, 5) is 21.7. The molecule has 0 heterocycles. The summed E-state index contributed by atoms with van der Waals surface area (Å²) in [7, 11) is 0. The van der Waals surface area contributed by atoms with E-state index in [-0.39, 0.29) is 34.8 Å². The van der Waals surface area contributed by atoms with E-state index in [4.69, 9.17) is 0 Å². The first-order valence-electron chi connectivity index (χ1n) is 6.96. The van der Waals surface area contributed by atoms with Crippen molar-refractivity contribution in [2.45, 2.75) is 13.0 Å². The number of nitro benzene ring substituents is 1. The van der Waals surface area contributed by atoms with Crippen LogP contribution in [0.4, 0.5) is 20.2 Å². The second kappa shape index (κ2) is 7.14. The zero-order valence-corrected chi connectivity index (χ0v) is 12.6. The fourth-order valence-corrected chi connectivity index (χ4v) is 2.10. The van der Waals surface area contributed by atoms with Crippen molar-refractivity contribution < 1.29 is 23.6 Å². The van der Waals surface area contributed by atoms with Gasteiger partial charge in [0.25, 0.3) is 5.69 Å².